The highest BCUT2D eigenvalue weighted by atomic mass is 16.6. The van der Waals surface area contributed by atoms with E-state index in [-0.39, 0.29) is 30.6 Å². The highest BCUT2D eigenvalue weighted by molar-refractivity contribution is 5.76. The average Bonchev–Trinajstić information content (AvgIpc) is 2.38. The van der Waals surface area contributed by atoms with Crippen LogP contribution in [0.1, 0.15) is 25.3 Å². The van der Waals surface area contributed by atoms with Crippen LogP contribution in [0.4, 0.5) is 5.69 Å². The maximum atomic E-state index is 11.9. The van der Waals surface area contributed by atoms with Gasteiger partial charge in [0.1, 0.15) is 0 Å². The number of benzene rings is 1. The molecule has 104 valence electrons. The Bertz CT molecular complexity index is 462. The Morgan fingerprint density at radius 2 is 2.11 bits per heavy atom. The summed E-state index contributed by atoms with van der Waals surface area (Å²) in [5.41, 5.74) is 6.28. The van der Waals surface area contributed by atoms with E-state index in [1.807, 2.05) is 6.92 Å². The highest BCUT2D eigenvalue weighted by Crippen LogP contribution is 2.19. The maximum Gasteiger partial charge on any atom is 0.274 e. The van der Waals surface area contributed by atoms with E-state index in [0.717, 1.165) is 6.42 Å². The van der Waals surface area contributed by atoms with E-state index in [0.29, 0.717) is 5.56 Å². The van der Waals surface area contributed by atoms with Gasteiger partial charge in [0.2, 0.25) is 5.91 Å². The predicted molar refractivity (Wildman–Crippen MR) is 72.5 cm³/mol. The van der Waals surface area contributed by atoms with Crippen LogP contribution in [-0.2, 0) is 11.3 Å². The lowest BCUT2D eigenvalue weighted by molar-refractivity contribution is -0.385. The van der Waals surface area contributed by atoms with E-state index in [2.05, 4.69) is 0 Å². The van der Waals surface area contributed by atoms with Crippen LogP contribution in [0.15, 0.2) is 24.3 Å². The van der Waals surface area contributed by atoms with Crippen LogP contribution < -0.4 is 5.73 Å². The van der Waals surface area contributed by atoms with Crippen LogP contribution in [0, 0.1) is 10.1 Å². The van der Waals surface area contributed by atoms with E-state index in [1.165, 1.54) is 11.0 Å². The van der Waals surface area contributed by atoms with Crippen molar-refractivity contribution in [1.82, 2.24) is 4.90 Å². The van der Waals surface area contributed by atoms with Crippen molar-refractivity contribution in [3.05, 3.63) is 39.9 Å². The highest BCUT2D eigenvalue weighted by Gasteiger charge is 2.17. The summed E-state index contributed by atoms with van der Waals surface area (Å²) in [7, 11) is 1.63. The molecule has 0 radical (unpaired) electrons. The van der Waals surface area contributed by atoms with Gasteiger partial charge in [0.15, 0.2) is 0 Å². The molecule has 0 aliphatic rings. The predicted octanol–water partition coefficient (Wildman–Crippen LogP) is 1.68. The molecule has 1 rings (SSSR count). The minimum absolute atomic E-state index is 0.0296. The van der Waals surface area contributed by atoms with Gasteiger partial charge in [0.05, 0.1) is 11.5 Å². The molecule has 2 N–H and O–H groups in total. The number of nitrogens with two attached hydrogens (primary N) is 1. The molecule has 0 fully saturated rings. The first-order valence-electron chi connectivity index (χ1n) is 6.17. The van der Waals surface area contributed by atoms with Gasteiger partial charge < -0.3 is 10.6 Å². The van der Waals surface area contributed by atoms with Crippen molar-refractivity contribution in [2.45, 2.75) is 32.4 Å². The quantitative estimate of drug-likeness (QED) is 0.626. The number of nitro benzene ring substituents is 1. The number of hydrogen-bond donors (Lipinski definition) is 1. The van der Waals surface area contributed by atoms with Crippen molar-refractivity contribution in [2.24, 2.45) is 5.73 Å². The SMILES string of the molecule is CCC(N)CC(=O)N(C)Cc1ccccc1[N+](=O)[O-]. The smallest absolute Gasteiger partial charge is 0.274 e. The molecule has 1 aromatic rings. The van der Waals surface area contributed by atoms with Crippen LogP contribution in [0.3, 0.4) is 0 Å². The molecule has 0 saturated carbocycles. The van der Waals surface area contributed by atoms with Crippen LogP contribution in [-0.4, -0.2) is 28.8 Å². The Hall–Kier alpha value is -1.95. The van der Waals surface area contributed by atoms with Gasteiger partial charge in [0.25, 0.3) is 5.69 Å². The van der Waals surface area contributed by atoms with E-state index in [4.69, 9.17) is 5.73 Å². The largest absolute Gasteiger partial charge is 0.341 e. The molecule has 0 aliphatic carbocycles. The molecular weight excluding hydrogens is 246 g/mol. The van der Waals surface area contributed by atoms with E-state index in [9.17, 15) is 14.9 Å². The van der Waals surface area contributed by atoms with Crippen LogP contribution in [0.2, 0.25) is 0 Å². The number of carbonyl (C=O) groups is 1. The molecule has 0 aromatic heterocycles. The van der Waals surface area contributed by atoms with Gasteiger partial charge in [0, 0.05) is 31.1 Å². The third-order valence-electron chi connectivity index (χ3n) is 2.98. The first-order chi connectivity index (χ1) is 8.95. The minimum atomic E-state index is -0.439. The maximum absolute atomic E-state index is 11.9. The molecule has 19 heavy (non-hydrogen) atoms. The molecule has 1 unspecified atom stereocenters. The summed E-state index contributed by atoms with van der Waals surface area (Å²) in [5.74, 6) is -0.104. The molecule has 1 aromatic carbocycles. The third-order valence-corrected chi connectivity index (χ3v) is 2.98. The van der Waals surface area contributed by atoms with E-state index >= 15 is 0 Å². The van der Waals surface area contributed by atoms with Crippen LogP contribution in [0.25, 0.3) is 0 Å². The molecule has 1 amide bonds. The lowest BCUT2D eigenvalue weighted by Gasteiger charge is -2.19. The van der Waals surface area contributed by atoms with Crippen molar-refractivity contribution in [1.29, 1.82) is 0 Å². The Labute approximate surface area is 112 Å². The monoisotopic (exact) mass is 265 g/mol. The molecule has 0 spiro atoms. The Balaban J connectivity index is 2.74. The molecule has 0 bridgehead atoms. The van der Waals surface area contributed by atoms with Crippen molar-refractivity contribution < 1.29 is 9.72 Å². The first kappa shape index (κ1) is 15.1. The second-order valence-electron chi connectivity index (χ2n) is 4.51. The summed E-state index contributed by atoms with van der Waals surface area (Å²) in [5, 5.41) is 10.9. The molecule has 1 atom stereocenters. The van der Waals surface area contributed by atoms with Crippen LogP contribution >= 0.6 is 0 Å². The van der Waals surface area contributed by atoms with Gasteiger partial charge in [-0.15, -0.1) is 0 Å². The lowest BCUT2D eigenvalue weighted by Crippen LogP contribution is -2.32. The summed E-state index contributed by atoms with van der Waals surface area (Å²) in [6.07, 6.45) is 0.985. The standard InChI is InChI=1S/C13H19N3O3/c1-3-11(14)8-13(17)15(2)9-10-6-4-5-7-12(10)16(18)19/h4-7,11H,3,8-9,14H2,1-2H3. The fourth-order valence-corrected chi connectivity index (χ4v) is 1.69. The Kier molecular flexibility index (Phi) is 5.44. The summed E-state index contributed by atoms with van der Waals surface area (Å²) < 4.78 is 0. The summed E-state index contributed by atoms with van der Waals surface area (Å²) in [6.45, 7) is 2.13. The fraction of sp³-hybridized carbons (Fsp3) is 0.462. The average molecular weight is 265 g/mol. The van der Waals surface area contributed by atoms with E-state index < -0.39 is 4.92 Å². The van der Waals surface area contributed by atoms with E-state index in [1.54, 1.807) is 25.2 Å². The number of carbonyl (C=O) groups excluding carboxylic acids is 1. The van der Waals surface area contributed by atoms with Gasteiger partial charge in [-0.2, -0.15) is 0 Å². The number of rotatable bonds is 6. The van der Waals surface area contributed by atoms with Gasteiger partial charge in [-0.3, -0.25) is 14.9 Å². The fourth-order valence-electron chi connectivity index (χ4n) is 1.69. The topological polar surface area (TPSA) is 89.5 Å². The summed E-state index contributed by atoms with van der Waals surface area (Å²) in [6, 6.07) is 6.25. The van der Waals surface area contributed by atoms with Crippen molar-refractivity contribution >= 4 is 11.6 Å². The van der Waals surface area contributed by atoms with Gasteiger partial charge in [-0.1, -0.05) is 25.1 Å². The number of hydrogen-bond acceptors (Lipinski definition) is 4. The number of para-hydroxylation sites is 1. The van der Waals surface area contributed by atoms with Gasteiger partial charge in [-0.05, 0) is 6.42 Å². The van der Waals surface area contributed by atoms with Crippen molar-refractivity contribution in [3.8, 4) is 0 Å². The minimum Gasteiger partial charge on any atom is -0.341 e. The number of nitro groups is 1. The number of amides is 1. The normalized spacial score (nSPS) is 11.9. The molecule has 0 heterocycles. The Morgan fingerprint density at radius 3 is 2.68 bits per heavy atom. The number of nitrogens with zero attached hydrogens (tertiary/aromatic N) is 2. The molecule has 6 heteroatoms. The van der Waals surface area contributed by atoms with Crippen molar-refractivity contribution in [3.63, 3.8) is 0 Å². The second kappa shape index (κ2) is 6.84. The Morgan fingerprint density at radius 1 is 1.47 bits per heavy atom. The zero-order valence-electron chi connectivity index (χ0n) is 11.2. The molecule has 0 saturated heterocycles. The third kappa shape index (κ3) is 4.33. The zero-order chi connectivity index (χ0) is 14.4. The van der Waals surface area contributed by atoms with Crippen LogP contribution in [0.5, 0.6) is 0 Å². The summed E-state index contributed by atoms with van der Waals surface area (Å²) >= 11 is 0. The molecular formula is C13H19N3O3. The van der Waals surface area contributed by atoms with Gasteiger partial charge in [-0.25, -0.2) is 0 Å². The molecule has 0 aliphatic heterocycles. The first-order valence-corrected chi connectivity index (χ1v) is 6.17. The zero-order valence-corrected chi connectivity index (χ0v) is 11.2. The second-order valence-corrected chi connectivity index (χ2v) is 4.51. The van der Waals surface area contributed by atoms with Gasteiger partial charge >= 0.3 is 0 Å². The van der Waals surface area contributed by atoms with Crippen molar-refractivity contribution in [2.75, 3.05) is 7.05 Å². The lowest BCUT2D eigenvalue weighted by atomic mass is 10.1. The summed E-state index contributed by atoms with van der Waals surface area (Å²) in [4.78, 5) is 23.8. The molecule has 6 nitrogen and oxygen atoms in total.